The van der Waals surface area contributed by atoms with E-state index >= 15 is 0 Å². The fourth-order valence-electron chi connectivity index (χ4n) is 1.78. The second-order valence-electron chi connectivity index (χ2n) is 4.45. The highest BCUT2D eigenvalue weighted by molar-refractivity contribution is 14.1. The molecule has 7 heteroatoms. The maximum atomic E-state index is 12.0. The number of methoxy groups -OCH3 is 1. The Hall–Kier alpha value is -2.42. The van der Waals surface area contributed by atoms with E-state index in [4.69, 9.17) is 0 Å². The molecule has 0 saturated heterocycles. The molecule has 0 aliphatic rings. The topological polar surface area (TPSA) is 84.5 Å². The van der Waals surface area contributed by atoms with Gasteiger partial charge in [-0.25, -0.2) is 4.79 Å². The Morgan fingerprint density at radius 3 is 2.17 bits per heavy atom. The van der Waals surface area contributed by atoms with Gasteiger partial charge in [0.1, 0.15) is 0 Å². The molecule has 2 N–H and O–H groups in total. The van der Waals surface area contributed by atoms with Crippen LogP contribution in [-0.4, -0.2) is 24.9 Å². The van der Waals surface area contributed by atoms with Crippen LogP contribution < -0.4 is 10.6 Å². The highest BCUT2D eigenvalue weighted by Gasteiger charge is 2.18. The molecule has 0 heterocycles. The maximum Gasteiger partial charge on any atom is 0.339 e. The number of anilines is 2. The molecule has 0 aliphatic carbocycles. The minimum Gasteiger partial charge on any atom is -0.465 e. The highest BCUT2D eigenvalue weighted by atomic mass is 127. The smallest absolute Gasteiger partial charge is 0.339 e. The molecule has 2 aromatic carbocycles. The normalized spacial score (nSPS) is 9.83. The van der Waals surface area contributed by atoms with E-state index < -0.39 is 17.8 Å². The summed E-state index contributed by atoms with van der Waals surface area (Å²) in [5.74, 6) is -2.30. The van der Waals surface area contributed by atoms with E-state index in [1.807, 2.05) is 0 Å². The first-order chi connectivity index (χ1) is 11.0. The van der Waals surface area contributed by atoms with Gasteiger partial charge < -0.3 is 15.4 Å². The lowest BCUT2D eigenvalue weighted by atomic mass is 10.2. The molecule has 6 nitrogen and oxygen atoms in total. The average Bonchev–Trinajstić information content (AvgIpc) is 2.56. The third-order valence-corrected chi connectivity index (χ3v) is 3.61. The van der Waals surface area contributed by atoms with Gasteiger partial charge in [0.15, 0.2) is 0 Å². The number of carbonyl (C=O) groups excluding carboxylic acids is 3. The predicted molar refractivity (Wildman–Crippen MR) is 94.2 cm³/mol. The molecule has 0 bridgehead atoms. The third-order valence-electron chi connectivity index (χ3n) is 2.89. The van der Waals surface area contributed by atoms with Crippen molar-refractivity contribution in [2.24, 2.45) is 0 Å². The number of hydrogen-bond acceptors (Lipinski definition) is 4. The van der Waals surface area contributed by atoms with Gasteiger partial charge in [-0.1, -0.05) is 12.1 Å². The number of esters is 1. The van der Waals surface area contributed by atoms with E-state index in [0.29, 0.717) is 5.69 Å². The lowest BCUT2D eigenvalue weighted by molar-refractivity contribution is -0.133. The van der Waals surface area contributed by atoms with Crippen LogP contribution in [0.2, 0.25) is 0 Å². The Balaban J connectivity index is 2.08. The largest absolute Gasteiger partial charge is 0.465 e. The summed E-state index contributed by atoms with van der Waals surface area (Å²) < 4.78 is 5.65. The second-order valence-corrected chi connectivity index (χ2v) is 5.70. The lowest BCUT2D eigenvalue weighted by Crippen LogP contribution is -2.29. The Kier molecular flexibility index (Phi) is 5.69. The number of nitrogens with one attached hydrogen (secondary N) is 2. The Bertz CT molecular complexity index is 744. The van der Waals surface area contributed by atoms with Crippen molar-refractivity contribution in [2.45, 2.75) is 0 Å². The van der Waals surface area contributed by atoms with Crippen molar-refractivity contribution in [1.29, 1.82) is 0 Å². The van der Waals surface area contributed by atoms with Crippen molar-refractivity contribution >= 4 is 51.7 Å². The zero-order valence-corrected chi connectivity index (χ0v) is 14.3. The second kappa shape index (κ2) is 7.73. The van der Waals surface area contributed by atoms with Crippen molar-refractivity contribution in [2.75, 3.05) is 17.7 Å². The van der Waals surface area contributed by atoms with Crippen LogP contribution in [0.5, 0.6) is 0 Å². The number of amides is 2. The summed E-state index contributed by atoms with van der Waals surface area (Å²) in [6.45, 7) is 0. The number of benzene rings is 2. The van der Waals surface area contributed by atoms with Gasteiger partial charge in [0.25, 0.3) is 0 Å². The number of ether oxygens (including phenoxy) is 1. The van der Waals surface area contributed by atoms with Crippen molar-refractivity contribution in [1.82, 2.24) is 0 Å². The average molecular weight is 424 g/mol. The van der Waals surface area contributed by atoms with Gasteiger partial charge >= 0.3 is 17.8 Å². The molecule has 0 saturated carbocycles. The molecule has 0 fully saturated rings. The molecule has 0 atom stereocenters. The number of hydrogen-bond donors (Lipinski definition) is 2. The lowest BCUT2D eigenvalue weighted by Gasteiger charge is -2.09. The maximum absolute atomic E-state index is 12.0. The summed E-state index contributed by atoms with van der Waals surface area (Å²) in [5, 5.41) is 4.89. The van der Waals surface area contributed by atoms with Crippen LogP contribution in [0.3, 0.4) is 0 Å². The molecule has 23 heavy (non-hydrogen) atoms. The van der Waals surface area contributed by atoms with Gasteiger partial charge in [0.2, 0.25) is 0 Å². The van der Waals surface area contributed by atoms with Crippen LogP contribution in [0.1, 0.15) is 10.4 Å². The zero-order valence-electron chi connectivity index (χ0n) is 12.1. The van der Waals surface area contributed by atoms with Gasteiger partial charge in [-0.3, -0.25) is 9.59 Å². The molecular formula is C16H13IN2O4. The van der Waals surface area contributed by atoms with Gasteiger partial charge in [0, 0.05) is 9.26 Å². The van der Waals surface area contributed by atoms with Crippen LogP contribution >= 0.6 is 22.6 Å². The van der Waals surface area contributed by atoms with Crippen molar-refractivity contribution in [3.63, 3.8) is 0 Å². The van der Waals surface area contributed by atoms with Crippen LogP contribution in [0.4, 0.5) is 11.4 Å². The van der Waals surface area contributed by atoms with E-state index in [9.17, 15) is 14.4 Å². The summed E-state index contributed by atoms with van der Waals surface area (Å²) in [4.78, 5) is 35.5. The van der Waals surface area contributed by atoms with Crippen molar-refractivity contribution in [3.8, 4) is 0 Å². The summed E-state index contributed by atoms with van der Waals surface area (Å²) in [6.07, 6.45) is 0. The molecule has 0 spiro atoms. The summed E-state index contributed by atoms with van der Waals surface area (Å²) in [7, 11) is 1.24. The summed E-state index contributed by atoms with van der Waals surface area (Å²) in [5.41, 5.74) is 0.888. The van der Waals surface area contributed by atoms with Gasteiger partial charge in [-0.2, -0.15) is 0 Å². The Morgan fingerprint density at radius 2 is 1.52 bits per heavy atom. The highest BCUT2D eigenvalue weighted by Crippen LogP contribution is 2.16. The van der Waals surface area contributed by atoms with Crippen LogP contribution in [0.15, 0.2) is 48.5 Å². The predicted octanol–water partition coefficient (Wildman–Crippen LogP) is 2.66. The van der Waals surface area contributed by atoms with E-state index in [1.54, 1.807) is 36.4 Å². The number of para-hydroxylation sites is 1. The fourth-order valence-corrected chi connectivity index (χ4v) is 2.14. The molecule has 2 aromatic rings. The first kappa shape index (κ1) is 16.9. The minimum atomic E-state index is -0.875. The molecule has 0 aromatic heterocycles. The SMILES string of the molecule is COC(=O)c1ccccc1NC(=O)C(=O)Nc1ccc(I)cc1. The molecule has 2 amide bonds. The molecule has 0 unspecified atom stereocenters. The molecule has 0 radical (unpaired) electrons. The number of carbonyl (C=O) groups is 3. The first-order valence-electron chi connectivity index (χ1n) is 6.56. The molecule has 0 aliphatic heterocycles. The Labute approximate surface area is 146 Å². The number of halogens is 1. The van der Waals surface area contributed by atoms with Crippen LogP contribution in [0, 0.1) is 3.57 Å². The molecular weight excluding hydrogens is 411 g/mol. The monoisotopic (exact) mass is 424 g/mol. The number of rotatable bonds is 3. The van der Waals surface area contributed by atoms with E-state index in [-0.39, 0.29) is 11.3 Å². The third kappa shape index (κ3) is 4.52. The zero-order chi connectivity index (χ0) is 16.8. The van der Waals surface area contributed by atoms with Gasteiger partial charge in [0.05, 0.1) is 18.4 Å². The van der Waals surface area contributed by atoms with E-state index in [1.165, 1.54) is 19.2 Å². The molecule has 118 valence electrons. The van der Waals surface area contributed by atoms with E-state index in [0.717, 1.165) is 3.57 Å². The Morgan fingerprint density at radius 1 is 0.913 bits per heavy atom. The molecule has 2 rings (SSSR count). The first-order valence-corrected chi connectivity index (χ1v) is 7.64. The van der Waals surface area contributed by atoms with Crippen molar-refractivity contribution in [3.05, 3.63) is 57.7 Å². The standard InChI is InChI=1S/C16H13IN2O4/c1-23-16(22)12-4-2-3-5-13(12)19-15(21)14(20)18-11-8-6-10(17)7-9-11/h2-9H,1H3,(H,18,20)(H,19,21). The van der Waals surface area contributed by atoms with Crippen LogP contribution in [-0.2, 0) is 14.3 Å². The van der Waals surface area contributed by atoms with Crippen LogP contribution in [0.25, 0.3) is 0 Å². The van der Waals surface area contributed by atoms with Gasteiger partial charge in [-0.15, -0.1) is 0 Å². The van der Waals surface area contributed by atoms with Gasteiger partial charge in [-0.05, 0) is 59.0 Å². The quantitative estimate of drug-likeness (QED) is 0.451. The fraction of sp³-hybridized carbons (Fsp3) is 0.0625. The minimum absolute atomic E-state index is 0.172. The summed E-state index contributed by atoms with van der Waals surface area (Å²) in [6, 6.07) is 13.3. The van der Waals surface area contributed by atoms with Crippen molar-refractivity contribution < 1.29 is 19.1 Å². The summed E-state index contributed by atoms with van der Waals surface area (Å²) >= 11 is 2.14. The van der Waals surface area contributed by atoms with E-state index in [2.05, 4.69) is 38.0 Å².